The molecule has 18 nitrogen and oxygen atoms in total. The van der Waals surface area contributed by atoms with Gasteiger partial charge in [0.2, 0.25) is 29.3 Å². The van der Waals surface area contributed by atoms with Gasteiger partial charge < -0.3 is 54.6 Å². The van der Waals surface area contributed by atoms with E-state index < -0.39 is 71.7 Å². The van der Waals surface area contributed by atoms with Crippen LogP contribution in [0.2, 0.25) is 0 Å². The zero-order chi connectivity index (χ0) is 33.7. The number of halogens is 1. The third kappa shape index (κ3) is 17.8. The maximum atomic E-state index is 13.3. The lowest BCUT2D eigenvalue weighted by Gasteiger charge is -2.25. The Morgan fingerprint density at radius 3 is 1.68 bits per heavy atom. The molecule has 0 unspecified atom stereocenters. The number of hydrogen-bond donors (Lipinski definition) is 12. The Kier molecular flexibility index (Phi) is 20.4. The average molecular weight is 648 g/mol. The summed E-state index contributed by atoms with van der Waals surface area (Å²) in [6.45, 7) is 0.765. The summed E-state index contributed by atoms with van der Waals surface area (Å²) in [7, 11) is 0. The fourth-order valence-corrected chi connectivity index (χ4v) is 3.99. The molecule has 0 radical (unpaired) electrons. The van der Waals surface area contributed by atoms with Gasteiger partial charge in [0.25, 0.3) is 0 Å². The van der Waals surface area contributed by atoms with E-state index in [1.807, 2.05) is 0 Å². The van der Waals surface area contributed by atoms with E-state index in [4.69, 9.17) is 50.5 Å². The largest absolute Gasteiger partial charge is 0.481 e. The highest BCUT2D eigenvalue weighted by atomic mass is 35.5. The van der Waals surface area contributed by atoms with Crippen LogP contribution in [0.25, 0.3) is 0 Å². The SMILES string of the molecule is N=C(N)NCCC[C@H](NC(=O)[C@H](CCCCN)NC(=O)[C@H](CCC(=O)O)NC(=O)[C@@H](N)CCCNC(=N)N)C(=O)C(=O)CCl. The van der Waals surface area contributed by atoms with Crippen LogP contribution in [0.15, 0.2) is 0 Å². The normalized spacial score (nSPS) is 13.3. The van der Waals surface area contributed by atoms with Gasteiger partial charge >= 0.3 is 5.97 Å². The molecule has 0 aromatic heterocycles. The first-order valence-electron chi connectivity index (χ1n) is 14.1. The van der Waals surface area contributed by atoms with Crippen LogP contribution in [-0.4, -0.2) is 102 Å². The van der Waals surface area contributed by atoms with Gasteiger partial charge in [0.15, 0.2) is 11.9 Å². The minimum Gasteiger partial charge on any atom is -0.481 e. The predicted octanol–water partition coefficient (Wildman–Crippen LogP) is -3.33. The van der Waals surface area contributed by atoms with Gasteiger partial charge in [-0.2, -0.15) is 0 Å². The van der Waals surface area contributed by atoms with E-state index in [2.05, 4.69) is 26.6 Å². The van der Waals surface area contributed by atoms with Crippen molar-refractivity contribution in [1.29, 1.82) is 10.8 Å². The molecule has 0 aliphatic rings. The Hall–Kier alpha value is -4.03. The van der Waals surface area contributed by atoms with Crippen molar-refractivity contribution in [3.05, 3.63) is 0 Å². The third-order valence-electron chi connectivity index (χ3n) is 6.22. The zero-order valence-corrected chi connectivity index (χ0v) is 25.3. The first-order valence-corrected chi connectivity index (χ1v) is 14.6. The number of rotatable bonds is 24. The van der Waals surface area contributed by atoms with Gasteiger partial charge in [-0.25, -0.2) is 0 Å². The number of carboxylic acids is 1. The summed E-state index contributed by atoms with van der Waals surface area (Å²) >= 11 is 5.53. The maximum Gasteiger partial charge on any atom is 0.303 e. The van der Waals surface area contributed by atoms with Gasteiger partial charge in [0, 0.05) is 19.5 Å². The lowest BCUT2D eigenvalue weighted by molar-refractivity contribution is -0.139. The number of nitrogens with two attached hydrogens (primary N) is 4. The molecule has 3 amide bonds. The molecule has 19 heteroatoms. The molecule has 16 N–H and O–H groups in total. The van der Waals surface area contributed by atoms with Crippen LogP contribution in [0.3, 0.4) is 0 Å². The highest BCUT2D eigenvalue weighted by Crippen LogP contribution is 2.08. The van der Waals surface area contributed by atoms with Gasteiger partial charge in [0.05, 0.1) is 18.0 Å². The quantitative estimate of drug-likeness (QED) is 0.0160. The molecule has 0 aliphatic carbocycles. The smallest absolute Gasteiger partial charge is 0.303 e. The molecule has 0 saturated heterocycles. The van der Waals surface area contributed by atoms with Gasteiger partial charge in [0.1, 0.15) is 12.1 Å². The molecular weight excluding hydrogens is 602 g/mol. The predicted molar refractivity (Wildman–Crippen MR) is 163 cm³/mol. The molecule has 0 saturated carbocycles. The molecule has 0 heterocycles. The summed E-state index contributed by atoms with van der Waals surface area (Å²) in [5.74, 6) is -6.63. The van der Waals surface area contributed by atoms with Gasteiger partial charge in [-0.15, -0.1) is 11.6 Å². The van der Waals surface area contributed by atoms with Crippen LogP contribution in [0.5, 0.6) is 0 Å². The molecule has 0 bridgehead atoms. The summed E-state index contributed by atoms with van der Waals surface area (Å²) in [5.41, 5.74) is 21.9. The first-order chi connectivity index (χ1) is 20.7. The standard InChI is InChI=1S/C25H46ClN11O7/c26-13-18(38)20(41)15(7-4-12-34-25(31)32)35-22(43)16(6-1-2-10-27)37-23(44)17(8-9-19(39)40)36-21(42)14(28)5-3-11-33-24(29)30/h14-17H,1-13,27-28H2,(H,35,43)(H,36,42)(H,37,44)(H,39,40)(H4,29,30,33)(H4,31,32,34)/t14-,15-,16-,17-/m0/s1. The van der Waals surface area contributed by atoms with Gasteiger partial charge in [-0.05, 0) is 57.9 Å². The molecule has 250 valence electrons. The molecule has 0 aromatic carbocycles. The van der Waals surface area contributed by atoms with E-state index in [9.17, 15) is 28.8 Å². The number of aliphatic carboxylic acids is 1. The minimum atomic E-state index is -1.36. The van der Waals surface area contributed by atoms with E-state index >= 15 is 0 Å². The molecule has 0 aromatic rings. The third-order valence-corrected chi connectivity index (χ3v) is 6.46. The minimum absolute atomic E-state index is 0.00589. The Bertz CT molecular complexity index is 1010. The Morgan fingerprint density at radius 2 is 1.18 bits per heavy atom. The van der Waals surface area contributed by atoms with Gasteiger partial charge in [-0.3, -0.25) is 39.6 Å². The highest BCUT2D eigenvalue weighted by molar-refractivity contribution is 6.48. The van der Waals surface area contributed by atoms with E-state index in [1.54, 1.807) is 0 Å². The van der Waals surface area contributed by atoms with Crippen molar-refractivity contribution in [3.8, 4) is 0 Å². The van der Waals surface area contributed by atoms with E-state index in [0.717, 1.165) is 0 Å². The number of guanidine groups is 2. The van der Waals surface area contributed by atoms with Crippen molar-refractivity contribution >= 4 is 58.8 Å². The number of hydrogen-bond acceptors (Lipinski definition) is 10. The number of nitrogens with one attached hydrogen (secondary N) is 7. The highest BCUT2D eigenvalue weighted by Gasteiger charge is 2.31. The maximum absolute atomic E-state index is 13.3. The van der Waals surface area contributed by atoms with E-state index in [-0.39, 0.29) is 57.1 Å². The van der Waals surface area contributed by atoms with Crippen LogP contribution in [0.1, 0.15) is 57.8 Å². The molecule has 0 spiro atoms. The number of carbonyl (C=O) groups excluding carboxylic acids is 5. The Morgan fingerprint density at radius 1 is 0.705 bits per heavy atom. The summed E-state index contributed by atoms with van der Waals surface area (Å²) in [6, 6.07) is -4.94. The van der Waals surface area contributed by atoms with Crippen LogP contribution < -0.4 is 49.5 Å². The van der Waals surface area contributed by atoms with Crippen molar-refractivity contribution in [3.63, 3.8) is 0 Å². The second-order valence-electron chi connectivity index (χ2n) is 9.89. The number of ketones is 2. The number of Topliss-reactive ketones (excluding diaryl/α,β-unsaturated/α-hetero) is 2. The van der Waals surface area contributed by atoms with Crippen molar-refractivity contribution in [1.82, 2.24) is 26.6 Å². The van der Waals surface area contributed by atoms with Crippen LogP contribution in [0.4, 0.5) is 0 Å². The molecule has 4 atom stereocenters. The van der Waals surface area contributed by atoms with E-state index in [1.165, 1.54) is 0 Å². The fourth-order valence-electron chi connectivity index (χ4n) is 3.86. The summed E-state index contributed by atoms with van der Waals surface area (Å²) in [5, 5.41) is 36.0. The zero-order valence-electron chi connectivity index (χ0n) is 24.6. The first kappa shape index (κ1) is 40.0. The molecule has 0 fully saturated rings. The number of carboxylic acid groups (broad SMARTS) is 1. The average Bonchev–Trinajstić information content (AvgIpc) is 2.96. The number of alkyl halides is 1. The second kappa shape index (κ2) is 22.5. The second-order valence-corrected chi connectivity index (χ2v) is 10.2. The fraction of sp³-hybridized carbons (Fsp3) is 0.680. The molecule has 44 heavy (non-hydrogen) atoms. The van der Waals surface area contributed by atoms with Gasteiger partial charge in [-0.1, -0.05) is 0 Å². The number of amides is 3. The van der Waals surface area contributed by atoms with Crippen molar-refractivity contribution in [2.45, 2.75) is 82.0 Å². The number of unbranched alkanes of at least 4 members (excludes halogenated alkanes) is 1. The molecule has 0 aliphatic heterocycles. The van der Waals surface area contributed by atoms with Crippen LogP contribution in [0, 0.1) is 10.8 Å². The number of carbonyl (C=O) groups is 6. The Labute approximate surface area is 260 Å². The summed E-state index contributed by atoms with van der Waals surface area (Å²) in [4.78, 5) is 75.1. The van der Waals surface area contributed by atoms with Crippen LogP contribution >= 0.6 is 11.6 Å². The van der Waals surface area contributed by atoms with E-state index in [0.29, 0.717) is 25.8 Å². The lowest BCUT2D eigenvalue weighted by atomic mass is 10.0. The monoisotopic (exact) mass is 647 g/mol. The molecular formula is C25H46ClN11O7. The Balaban J connectivity index is 5.75. The van der Waals surface area contributed by atoms with Crippen molar-refractivity contribution in [2.75, 3.05) is 25.5 Å². The van der Waals surface area contributed by atoms with Crippen molar-refractivity contribution < 1.29 is 33.9 Å². The summed E-state index contributed by atoms with van der Waals surface area (Å²) in [6.07, 6.45) is 0.953. The van der Waals surface area contributed by atoms with Crippen molar-refractivity contribution in [2.24, 2.45) is 22.9 Å². The van der Waals surface area contributed by atoms with Crippen LogP contribution in [-0.2, 0) is 28.8 Å². The summed E-state index contributed by atoms with van der Waals surface area (Å²) < 4.78 is 0. The lowest BCUT2D eigenvalue weighted by Crippen LogP contribution is -2.57. The topological polar surface area (TPSA) is 335 Å². The molecule has 0 rings (SSSR count).